The third-order valence-electron chi connectivity index (χ3n) is 5.49. The predicted octanol–water partition coefficient (Wildman–Crippen LogP) is 3.41. The number of thiazole rings is 1. The summed E-state index contributed by atoms with van der Waals surface area (Å²) in [6.45, 7) is 6.14. The van der Waals surface area contributed by atoms with Crippen LogP contribution in [0.2, 0.25) is 0 Å². The maximum absolute atomic E-state index is 13.8. The van der Waals surface area contributed by atoms with Crippen LogP contribution in [0.25, 0.3) is 6.08 Å². The van der Waals surface area contributed by atoms with Gasteiger partial charge in [0.15, 0.2) is 4.80 Å². The van der Waals surface area contributed by atoms with Gasteiger partial charge in [-0.3, -0.25) is 19.0 Å². The summed E-state index contributed by atoms with van der Waals surface area (Å²) in [6.07, 6.45) is 1.62. The van der Waals surface area contributed by atoms with Crippen molar-refractivity contribution in [2.75, 3.05) is 6.61 Å². The van der Waals surface area contributed by atoms with Crippen molar-refractivity contribution in [2.24, 2.45) is 4.99 Å². The second-order valence-corrected chi connectivity index (χ2v) is 10.2. The Morgan fingerprint density at radius 2 is 1.76 bits per heavy atom. The van der Waals surface area contributed by atoms with E-state index >= 15 is 0 Å². The third-order valence-corrected chi connectivity index (χ3v) is 6.96. The normalized spacial score (nSPS) is 15.0. The number of allylic oxidation sites excluding steroid dienone is 1. The van der Waals surface area contributed by atoms with E-state index in [1.807, 2.05) is 0 Å². The predicted molar refractivity (Wildman–Crippen MR) is 144 cm³/mol. The molecule has 196 valence electrons. The van der Waals surface area contributed by atoms with Crippen LogP contribution in [-0.2, 0) is 19.1 Å². The number of ether oxygens (including phenoxy) is 3. The summed E-state index contributed by atoms with van der Waals surface area (Å²) in [7, 11) is 0. The topological polar surface area (TPSA) is 113 Å². The number of nitrogens with zero attached hydrogens (tertiary/aromatic N) is 2. The highest BCUT2D eigenvalue weighted by molar-refractivity contribution is 9.10. The van der Waals surface area contributed by atoms with Crippen molar-refractivity contribution in [1.82, 2.24) is 4.57 Å². The van der Waals surface area contributed by atoms with Crippen LogP contribution in [0, 0.1) is 0 Å². The molecule has 1 aliphatic heterocycles. The fourth-order valence-corrected chi connectivity index (χ4v) is 5.43. The Hall–Kier alpha value is -3.83. The van der Waals surface area contributed by atoms with Gasteiger partial charge in [0.2, 0.25) is 0 Å². The first-order chi connectivity index (χ1) is 18.1. The van der Waals surface area contributed by atoms with E-state index in [0.717, 1.165) is 15.8 Å². The Balaban J connectivity index is 1.92. The smallest absolute Gasteiger partial charge is 0.338 e. The molecule has 1 aliphatic rings. The highest BCUT2D eigenvalue weighted by atomic mass is 79.9. The lowest BCUT2D eigenvalue weighted by molar-refractivity contribution is -0.139. The number of carbonyl (C=O) groups is 3. The molecule has 0 radical (unpaired) electrons. The van der Waals surface area contributed by atoms with Gasteiger partial charge in [-0.2, -0.15) is 0 Å². The standard InChI is InChI=1S/C27H23BrN2O7S/c1-5-35-26(34)23-14(2)29-27-30(24(23)17-6-9-20(10-7-17)36-15(3)31)25(33)22(38-27)13-18-12-19(28)8-11-21(18)37-16(4)32/h6-13,24H,5H2,1-4H3/b22-13-. The van der Waals surface area contributed by atoms with Gasteiger partial charge in [0, 0.05) is 23.9 Å². The summed E-state index contributed by atoms with van der Waals surface area (Å²) >= 11 is 4.56. The average molecular weight is 599 g/mol. The minimum atomic E-state index is -0.825. The zero-order chi connectivity index (χ0) is 27.6. The van der Waals surface area contributed by atoms with Crippen molar-refractivity contribution in [2.45, 2.75) is 33.7 Å². The summed E-state index contributed by atoms with van der Waals surface area (Å²) < 4.78 is 18.3. The Bertz CT molecular complexity index is 1650. The molecule has 3 aromatic rings. The second kappa shape index (κ2) is 11.3. The van der Waals surface area contributed by atoms with E-state index in [4.69, 9.17) is 14.2 Å². The van der Waals surface area contributed by atoms with E-state index in [1.165, 1.54) is 18.4 Å². The van der Waals surface area contributed by atoms with Crippen LogP contribution in [-0.4, -0.2) is 29.1 Å². The first-order valence-electron chi connectivity index (χ1n) is 11.5. The number of benzene rings is 2. The number of hydrogen-bond acceptors (Lipinski definition) is 9. The van der Waals surface area contributed by atoms with Gasteiger partial charge in [0.25, 0.3) is 5.56 Å². The molecular weight excluding hydrogens is 576 g/mol. The number of esters is 3. The van der Waals surface area contributed by atoms with Gasteiger partial charge < -0.3 is 14.2 Å². The van der Waals surface area contributed by atoms with Gasteiger partial charge in [-0.05, 0) is 55.8 Å². The van der Waals surface area contributed by atoms with E-state index in [9.17, 15) is 19.2 Å². The van der Waals surface area contributed by atoms with Crippen LogP contribution < -0.4 is 24.4 Å². The number of fused-ring (bicyclic) bond motifs is 1. The summed E-state index contributed by atoms with van der Waals surface area (Å²) in [5.41, 5.74) is 1.39. The molecule has 9 nitrogen and oxygen atoms in total. The monoisotopic (exact) mass is 598 g/mol. The van der Waals surface area contributed by atoms with Crippen LogP contribution in [0.15, 0.2) is 68.0 Å². The maximum Gasteiger partial charge on any atom is 0.338 e. The Labute approximate surface area is 229 Å². The van der Waals surface area contributed by atoms with Crippen molar-refractivity contribution < 1.29 is 28.6 Å². The number of aromatic nitrogens is 1. The molecule has 1 atom stereocenters. The molecule has 0 aliphatic carbocycles. The molecule has 2 heterocycles. The van der Waals surface area contributed by atoms with Gasteiger partial charge in [0.1, 0.15) is 11.5 Å². The Kier molecular flexibility index (Phi) is 8.08. The van der Waals surface area contributed by atoms with E-state index in [-0.39, 0.29) is 17.7 Å². The number of hydrogen-bond donors (Lipinski definition) is 0. The lowest BCUT2D eigenvalue weighted by Crippen LogP contribution is -2.39. The molecule has 0 saturated carbocycles. The fraction of sp³-hybridized carbons (Fsp3) is 0.222. The molecule has 11 heteroatoms. The molecule has 1 aromatic heterocycles. The van der Waals surface area contributed by atoms with Crippen molar-refractivity contribution in [3.63, 3.8) is 0 Å². The Morgan fingerprint density at radius 3 is 2.39 bits per heavy atom. The van der Waals surface area contributed by atoms with Gasteiger partial charge in [0.05, 0.1) is 28.5 Å². The third kappa shape index (κ3) is 5.68. The van der Waals surface area contributed by atoms with Crippen molar-refractivity contribution in [3.8, 4) is 11.5 Å². The molecule has 0 N–H and O–H groups in total. The number of halogens is 1. The molecule has 0 bridgehead atoms. The largest absolute Gasteiger partial charge is 0.463 e. The molecule has 4 rings (SSSR count). The number of carbonyl (C=O) groups excluding carboxylic acids is 3. The van der Waals surface area contributed by atoms with E-state index in [0.29, 0.717) is 37.7 Å². The van der Waals surface area contributed by atoms with Crippen molar-refractivity contribution in [1.29, 1.82) is 0 Å². The van der Waals surface area contributed by atoms with Crippen LogP contribution >= 0.6 is 27.3 Å². The molecule has 0 saturated heterocycles. The molecule has 0 spiro atoms. The second-order valence-electron chi connectivity index (χ2n) is 8.24. The van der Waals surface area contributed by atoms with E-state index < -0.39 is 23.9 Å². The SMILES string of the molecule is CCOC(=O)C1=C(C)N=c2s/c(=C\c3cc(Br)ccc3OC(C)=O)c(=O)n2C1c1ccc(OC(C)=O)cc1. The molecular formula is C27H23BrN2O7S. The quantitative estimate of drug-likeness (QED) is 0.315. The molecule has 38 heavy (non-hydrogen) atoms. The molecule has 2 aromatic carbocycles. The van der Waals surface area contributed by atoms with Crippen LogP contribution in [0.5, 0.6) is 11.5 Å². The average Bonchev–Trinajstić information content (AvgIpc) is 3.14. The van der Waals surface area contributed by atoms with Gasteiger partial charge >= 0.3 is 17.9 Å². The fourth-order valence-electron chi connectivity index (χ4n) is 4.01. The zero-order valence-electron chi connectivity index (χ0n) is 20.9. The van der Waals surface area contributed by atoms with E-state index in [1.54, 1.807) is 62.4 Å². The maximum atomic E-state index is 13.8. The first-order valence-corrected chi connectivity index (χ1v) is 13.2. The van der Waals surface area contributed by atoms with Gasteiger partial charge in [-0.15, -0.1) is 0 Å². The number of rotatable bonds is 6. The van der Waals surface area contributed by atoms with Gasteiger partial charge in [-0.1, -0.05) is 39.4 Å². The highest BCUT2D eigenvalue weighted by Crippen LogP contribution is 2.32. The molecule has 0 fully saturated rings. The van der Waals surface area contributed by atoms with Gasteiger partial charge in [-0.25, -0.2) is 9.79 Å². The summed E-state index contributed by atoms with van der Waals surface area (Å²) in [5.74, 6) is -0.904. The van der Waals surface area contributed by atoms with Crippen LogP contribution in [0.1, 0.15) is 44.9 Å². The highest BCUT2D eigenvalue weighted by Gasteiger charge is 2.33. The molecule has 0 amide bonds. The van der Waals surface area contributed by atoms with Crippen LogP contribution in [0.3, 0.4) is 0 Å². The lowest BCUT2D eigenvalue weighted by atomic mass is 9.96. The molecule has 1 unspecified atom stereocenters. The first kappa shape index (κ1) is 27.2. The minimum Gasteiger partial charge on any atom is -0.463 e. The Morgan fingerprint density at radius 1 is 1.08 bits per heavy atom. The summed E-state index contributed by atoms with van der Waals surface area (Å²) in [5, 5.41) is 0. The van der Waals surface area contributed by atoms with Crippen molar-refractivity contribution >= 4 is 51.3 Å². The van der Waals surface area contributed by atoms with Crippen molar-refractivity contribution in [3.05, 3.63) is 89.0 Å². The van der Waals surface area contributed by atoms with Crippen LogP contribution in [0.4, 0.5) is 0 Å². The zero-order valence-corrected chi connectivity index (χ0v) is 23.3. The lowest BCUT2D eigenvalue weighted by Gasteiger charge is -2.24. The minimum absolute atomic E-state index is 0.153. The van der Waals surface area contributed by atoms with E-state index in [2.05, 4.69) is 20.9 Å². The summed E-state index contributed by atoms with van der Waals surface area (Å²) in [4.78, 5) is 54.7. The summed E-state index contributed by atoms with van der Waals surface area (Å²) in [6, 6.07) is 10.8.